The smallest absolute Gasteiger partial charge is 0.317 e. The molecule has 1 saturated heterocycles. The second-order valence-corrected chi connectivity index (χ2v) is 4.82. The zero-order valence-electron chi connectivity index (χ0n) is 12.1. The SMILES string of the molecule is CCCN(C(=O)NCCCOC)C1COCC1C(=O)O. The first-order chi connectivity index (χ1) is 9.61. The molecular formula is C13H24N2O5. The summed E-state index contributed by atoms with van der Waals surface area (Å²) < 4.78 is 10.1. The van der Waals surface area contributed by atoms with Crippen molar-refractivity contribution in [1.82, 2.24) is 10.2 Å². The third kappa shape index (κ3) is 4.64. The highest BCUT2D eigenvalue weighted by atomic mass is 16.5. The first kappa shape index (κ1) is 16.7. The lowest BCUT2D eigenvalue weighted by atomic mass is 10.0. The van der Waals surface area contributed by atoms with Gasteiger partial charge in [0.15, 0.2) is 0 Å². The van der Waals surface area contributed by atoms with Gasteiger partial charge in [-0.05, 0) is 12.8 Å². The van der Waals surface area contributed by atoms with Crippen molar-refractivity contribution in [2.45, 2.75) is 25.8 Å². The van der Waals surface area contributed by atoms with Gasteiger partial charge in [0.1, 0.15) is 5.92 Å². The van der Waals surface area contributed by atoms with Crippen molar-refractivity contribution in [3.63, 3.8) is 0 Å². The van der Waals surface area contributed by atoms with Crippen LogP contribution < -0.4 is 5.32 Å². The average molecular weight is 288 g/mol. The molecular weight excluding hydrogens is 264 g/mol. The molecule has 2 atom stereocenters. The summed E-state index contributed by atoms with van der Waals surface area (Å²) in [5, 5.41) is 12.0. The third-order valence-electron chi connectivity index (χ3n) is 3.29. The number of methoxy groups -OCH3 is 1. The molecule has 1 fully saturated rings. The highest BCUT2D eigenvalue weighted by Gasteiger charge is 2.39. The van der Waals surface area contributed by atoms with E-state index >= 15 is 0 Å². The highest BCUT2D eigenvalue weighted by Crippen LogP contribution is 2.20. The van der Waals surface area contributed by atoms with E-state index in [-0.39, 0.29) is 19.2 Å². The van der Waals surface area contributed by atoms with Gasteiger partial charge in [-0.15, -0.1) is 0 Å². The number of carboxylic acids is 1. The standard InChI is InChI=1S/C13H24N2O5/c1-3-6-15(13(18)14-5-4-7-19-2)11-9-20-8-10(11)12(16)17/h10-11H,3-9H2,1-2H3,(H,14,18)(H,16,17). The van der Waals surface area contributed by atoms with Gasteiger partial charge in [-0.25, -0.2) is 4.79 Å². The fourth-order valence-electron chi connectivity index (χ4n) is 2.26. The Morgan fingerprint density at radius 2 is 2.20 bits per heavy atom. The number of nitrogens with zero attached hydrogens (tertiary/aromatic N) is 1. The molecule has 0 aliphatic carbocycles. The fraction of sp³-hybridized carbons (Fsp3) is 0.846. The Morgan fingerprint density at radius 3 is 2.80 bits per heavy atom. The number of urea groups is 1. The fourth-order valence-corrected chi connectivity index (χ4v) is 2.26. The minimum absolute atomic E-state index is 0.164. The van der Waals surface area contributed by atoms with Crippen molar-refractivity contribution in [3.05, 3.63) is 0 Å². The van der Waals surface area contributed by atoms with E-state index in [0.717, 1.165) is 12.8 Å². The molecule has 0 aromatic heterocycles. The van der Waals surface area contributed by atoms with Crippen LogP contribution >= 0.6 is 0 Å². The molecule has 0 radical (unpaired) electrons. The zero-order valence-corrected chi connectivity index (χ0v) is 12.1. The quantitative estimate of drug-likeness (QED) is 0.637. The number of aliphatic carboxylic acids is 1. The van der Waals surface area contributed by atoms with E-state index in [1.54, 1.807) is 12.0 Å². The Labute approximate surface area is 119 Å². The molecule has 0 aromatic rings. The van der Waals surface area contributed by atoms with Crippen LogP contribution in [0.2, 0.25) is 0 Å². The van der Waals surface area contributed by atoms with Crippen LogP contribution in [0.1, 0.15) is 19.8 Å². The van der Waals surface area contributed by atoms with E-state index in [0.29, 0.717) is 19.7 Å². The molecule has 20 heavy (non-hydrogen) atoms. The van der Waals surface area contributed by atoms with E-state index in [2.05, 4.69) is 5.32 Å². The van der Waals surface area contributed by atoms with Gasteiger partial charge in [-0.1, -0.05) is 6.92 Å². The van der Waals surface area contributed by atoms with Crippen LogP contribution in [-0.4, -0.2) is 68.1 Å². The summed E-state index contributed by atoms with van der Waals surface area (Å²) in [6.45, 7) is 4.01. The van der Waals surface area contributed by atoms with Crippen molar-refractivity contribution >= 4 is 12.0 Å². The van der Waals surface area contributed by atoms with Gasteiger partial charge in [-0.2, -0.15) is 0 Å². The van der Waals surface area contributed by atoms with Gasteiger partial charge >= 0.3 is 12.0 Å². The molecule has 1 aliphatic rings. The largest absolute Gasteiger partial charge is 0.481 e. The number of hydrogen-bond acceptors (Lipinski definition) is 4. The first-order valence-corrected chi connectivity index (χ1v) is 6.95. The molecule has 0 saturated carbocycles. The van der Waals surface area contributed by atoms with Crippen LogP contribution in [0.15, 0.2) is 0 Å². The lowest BCUT2D eigenvalue weighted by Gasteiger charge is -2.30. The summed E-state index contributed by atoms with van der Waals surface area (Å²) >= 11 is 0. The number of carbonyl (C=O) groups excluding carboxylic acids is 1. The second-order valence-electron chi connectivity index (χ2n) is 4.82. The summed E-state index contributed by atoms with van der Waals surface area (Å²) in [5.41, 5.74) is 0. The van der Waals surface area contributed by atoms with Crippen LogP contribution in [0.5, 0.6) is 0 Å². The van der Waals surface area contributed by atoms with Crippen LogP contribution in [0.25, 0.3) is 0 Å². The van der Waals surface area contributed by atoms with Crippen molar-refractivity contribution in [3.8, 4) is 0 Å². The van der Waals surface area contributed by atoms with Crippen molar-refractivity contribution < 1.29 is 24.2 Å². The summed E-state index contributed by atoms with van der Waals surface area (Å²) in [6.07, 6.45) is 1.50. The summed E-state index contributed by atoms with van der Waals surface area (Å²) in [5.74, 6) is -1.56. The predicted octanol–water partition coefficient (Wildman–Crippen LogP) is 0.544. The van der Waals surface area contributed by atoms with Crippen molar-refractivity contribution in [2.24, 2.45) is 5.92 Å². The Morgan fingerprint density at radius 1 is 1.45 bits per heavy atom. The Hall–Kier alpha value is -1.34. The molecule has 1 rings (SSSR count). The Balaban J connectivity index is 2.58. The Bertz CT molecular complexity index is 324. The van der Waals surface area contributed by atoms with Crippen LogP contribution in [-0.2, 0) is 14.3 Å². The van der Waals surface area contributed by atoms with E-state index in [1.807, 2.05) is 6.92 Å². The second kappa shape index (κ2) is 8.76. The van der Waals surface area contributed by atoms with Gasteiger partial charge in [0, 0.05) is 26.8 Å². The van der Waals surface area contributed by atoms with E-state index in [9.17, 15) is 14.7 Å². The molecule has 2 N–H and O–H groups in total. The average Bonchev–Trinajstić information content (AvgIpc) is 2.90. The number of nitrogens with one attached hydrogen (secondary N) is 1. The van der Waals surface area contributed by atoms with Crippen LogP contribution in [0, 0.1) is 5.92 Å². The molecule has 0 spiro atoms. The molecule has 2 unspecified atom stereocenters. The molecule has 1 heterocycles. The third-order valence-corrected chi connectivity index (χ3v) is 3.29. The number of rotatable bonds is 8. The number of ether oxygens (including phenoxy) is 2. The minimum Gasteiger partial charge on any atom is -0.481 e. The monoisotopic (exact) mass is 288 g/mol. The van der Waals surface area contributed by atoms with Crippen molar-refractivity contribution in [2.75, 3.05) is 40.0 Å². The van der Waals surface area contributed by atoms with E-state index in [4.69, 9.17) is 9.47 Å². The maximum absolute atomic E-state index is 12.2. The number of carbonyl (C=O) groups is 2. The zero-order chi connectivity index (χ0) is 15.0. The van der Waals surface area contributed by atoms with Crippen LogP contribution in [0.4, 0.5) is 4.79 Å². The summed E-state index contributed by atoms with van der Waals surface area (Å²) in [7, 11) is 1.61. The maximum atomic E-state index is 12.2. The van der Waals surface area contributed by atoms with Gasteiger partial charge in [0.05, 0.1) is 19.3 Å². The molecule has 7 nitrogen and oxygen atoms in total. The van der Waals surface area contributed by atoms with E-state index < -0.39 is 17.9 Å². The highest BCUT2D eigenvalue weighted by molar-refractivity contribution is 5.77. The van der Waals surface area contributed by atoms with E-state index in [1.165, 1.54) is 0 Å². The lowest BCUT2D eigenvalue weighted by molar-refractivity contribution is -0.142. The normalized spacial score (nSPS) is 21.7. The van der Waals surface area contributed by atoms with Gasteiger partial charge in [0.25, 0.3) is 0 Å². The van der Waals surface area contributed by atoms with Gasteiger partial charge in [0.2, 0.25) is 0 Å². The number of amides is 2. The first-order valence-electron chi connectivity index (χ1n) is 6.95. The van der Waals surface area contributed by atoms with Crippen molar-refractivity contribution in [1.29, 1.82) is 0 Å². The minimum atomic E-state index is -0.916. The molecule has 1 aliphatic heterocycles. The topological polar surface area (TPSA) is 88.1 Å². The Kier molecular flexibility index (Phi) is 7.32. The molecule has 116 valence electrons. The number of carboxylic acid groups (broad SMARTS) is 1. The van der Waals surface area contributed by atoms with Gasteiger partial charge in [-0.3, -0.25) is 4.79 Å². The van der Waals surface area contributed by atoms with Crippen LogP contribution in [0.3, 0.4) is 0 Å². The lowest BCUT2D eigenvalue weighted by Crippen LogP contribution is -2.51. The van der Waals surface area contributed by atoms with Gasteiger partial charge < -0.3 is 24.8 Å². The number of hydrogen-bond donors (Lipinski definition) is 2. The molecule has 0 bridgehead atoms. The predicted molar refractivity (Wildman–Crippen MR) is 72.6 cm³/mol. The molecule has 7 heteroatoms. The maximum Gasteiger partial charge on any atom is 0.317 e. The summed E-state index contributed by atoms with van der Waals surface area (Å²) in [4.78, 5) is 24.9. The summed E-state index contributed by atoms with van der Waals surface area (Å²) in [6, 6.07) is -0.625. The molecule has 0 aromatic carbocycles. The molecule has 2 amide bonds.